The predicted molar refractivity (Wildman–Crippen MR) is 79.5 cm³/mol. The second-order valence-electron chi connectivity index (χ2n) is 4.78. The molecule has 0 atom stereocenters. The van der Waals surface area contributed by atoms with Crippen molar-refractivity contribution >= 4 is 6.29 Å². The second-order valence-corrected chi connectivity index (χ2v) is 4.78. The number of carbonyl (C=O) groups excluding carboxylic acids is 1. The van der Waals surface area contributed by atoms with Crippen LogP contribution >= 0.6 is 0 Å². The lowest BCUT2D eigenvalue weighted by Gasteiger charge is -2.03. The Kier molecular flexibility index (Phi) is 3.31. The van der Waals surface area contributed by atoms with Gasteiger partial charge in [-0.3, -0.25) is 4.79 Å². The number of hydrogen-bond acceptors (Lipinski definition) is 4. The van der Waals surface area contributed by atoms with Gasteiger partial charge in [0.25, 0.3) is 0 Å². The van der Waals surface area contributed by atoms with Crippen LogP contribution in [0.25, 0.3) is 17.1 Å². The van der Waals surface area contributed by atoms with E-state index < -0.39 is 0 Å². The van der Waals surface area contributed by atoms with E-state index in [2.05, 4.69) is 15.1 Å². The van der Waals surface area contributed by atoms with E-state index in [0.717, 1.165) is 17.5 Å². The van der Waals surface area contributed by atoms with Crippen molar-refractivity contribution in [1.29, 1.82) is 0 Å². The molecule has 0 saturated heterocycles. The summed E-state index contributed by atoms with van der Waals surface area (Å²) in [7, 11) is 0. The molecule has 0 radical (unpaired) electrons. The van der Waals surface area contributed by atoms with Crippen LogP contribution in [0.2, 0.25) is 0 Å². The lowest BCUT2D eigenvalue weighted by atomic mass is 10.1. The number of rotatable bonds is 3. The van der Waals surface area contributed by atoms with Crippen molar-refractivity contribution < 1.29 is 4.79 Å². The van der Waals surface area contributed by atoms with Crippen molar-refractivity contribution in [2.75, 3.05) is 0 Å². The normalized spacial score (nSPS) is 10.6. The van der Waals surface area contributed by atoms with Crippen molar-refractivity contribution in [3.63, 3.8) is 0 Å². The van der Waals surface area contributed by atoms with Crippen molar-refractivity contribution in [3.8, 4) is 17.1 Å². The molecule has 5 nitrogen and oxygen atoms in total. The van der Waals surface area contributed by atoms with Crippen molar-refractivity contribution in [3.05, 3.63) is 59.7 Å². The number of aromatic nitrogens is 4. The molecule has 3 aromatic rings. The van der Waals surface area contributed by atoms with Crippen LogP contribution in [0.3, 0.4) is 0 Å². The minimum atomic E-state index is 0.537. The van der Waals surface area contributed by atoms with Crippen LogP contribution in [0.4, 0.5) is 0 Å². The highest BCUT2D eigenvalue weighted by molar-refractivity contribution is 5.85. The highest BCUT2D eigenvalue weighted by Crippen LogP contribution is 2.21. The van der Waals surface area contributed by atoms with Gasteiger partial charge in [0.05, 0.1) is 5.56 Å². The molecule has 21 heavy (non-hydrogen) atoms. The Morgan fingerprint density at radius 2 is 1.86 bits per heavy atom. The molecule has 0 aliphatic rings. The molecule has 104 valence electrons. The molecule has 0 spiro atoms. The molecule has 2 aromatic heterocycles. The van der Waals surface area contributed by atoms with Crippen LogP contribution in [0.1, 0.15) is 21.9 Å². The Hall–Kier alpha value is -2.82. The van der Waals surface area contributed by atoms with Crippen molar-refractivity contribution in [2.45, 2.75) is 13.8 Å². The summed E-state index contributed by atoms with van der Waals surface area (Å²) in [6.07, 6.45) is 2.50. The Bertz CT molecular complexity index is 773. The van der Waals surface area contributed by atoms with E-state index in [-0.39, 0.29) is 0 Å². The van der Waals surface area contributed by atoms with Gasteiger partial charge in [-0.05, 0) is 13.8 Å². The van der Waals surface area contributed by atoms with Gasteiger partial charge in [0.1, 0.15) is 11.5 Å². The molecule has 5 heteroatoms. The zero-order chi connectivity index (χ0) is 14.8. The molecule has 0 aliphatic carbocycles. The van der Waals surface area contributed by atoms with Gasteiger partial charge >= 0.3 is 0 Å². The number of benzene rings is 1. The van der Waals surface area contributed by atoms with E-state index in [4.69, 9.17) is 0 Å². The smallest absolute Gasteiger partial charge is 0.157 e. The molecule has 0 saturated carbocycles. The fourth-order valence-electron chi connectivity index (χ4n) is 2.23. The Labute approximate surface area is 122 Å². The van der Waals surface area contributed by atoms with E-state index in [1.807, 2.05) is 50.2 Å². The first-order valence-electron chi connectivity index (χ1n) is 6.60. The maximum atomic E-state index is 11.3. The summed E-state index contributed by atoms with van der Waals surface area (Å²) in [5, 5.41) is 4.50. The Morgan fingerprint density at radius 3 is 2.52 bits per heavy atom. The van der Waals surface area contributed by atoms with E-state index in [1.165, 1.54) is 0 Å². The monoisotopic (exact) mass is 278 g/mol. The summed E-state index contributed by atoms with van der Waals surface area (Å²) in [5.41, 5.74) is 2.96. The van der Waals surface area contributed by atoms with E-state index in [9.17, 15) is 4.79 Å². The Balaban J connectivity index is 2.13. The first-order valence-corrected chi connectivity index (χ1v) is 6.60. The van der Waals surface area contributed by atoms with Gasteiger partial charge in [0.2, 0.25) is 0 Å². The highest BCUT2D eigenvalue weighted by atomic mass is 16.1. The summed E-state index contributed by atoms with van der Waals surface area (Å²) < 4.78 is 1.62. The van der Waals surface area contributed by atoms with Crippen LogP contribution in [0.5, 0.6) is 0 Å². The molecule has 1 aromatic carbocycles. The number of hydrogen-bond donors (Lipinski definition) is 0. The molecular weight excluding hydrogens is 264 g/mol. The maximum Gasteiger partial charge on any atom is 0.157 e. The van der Waals surface area contributed by atoms with Gasteiger partial charge in [-0.25, -0.2) is 14.6 Å². The van der Waals surface area contributed by atoms with E-state index >= 15 is 0 Å². The molecule has 2 heterocycles. The van der Waals surface area contributed by atoms with Gasteiger partial charge in [-0.2, -0.15) is 5.10 Å². The molecule has 0 N–H and O–H groups in total. The number of aldehydes is 1. The minimum Gasteiger partial charge on any atom is -0.298 e. The standard InChI is InChI=1S/C16H14N4O/c1-11-8-15(18-12(2)17-11)20-9-14(10-21)16(19-20)13-6-4-3-5-7-13/h3-10H,1-2H3. The molecule has 0 bridgehead atoms. The third kappa shape index (κ3) is 2.58. The summed E-state index contributed by atoms with van der Waals surface area (Å²) in [4.78, 5) is 19.9. The van der Waals surface area contributed by atoms with Crippen molar-refractivity contribution in [1.82, 2.24) is 19.7 Å². The molecule has 0 fully saturated rings. The average molecular weight is 278 g/mol. The lowest BCUT2D eigenvalue weighted by molar-refractivity contribution is 0.112. The summed E-state index contributed by atoms with van der Waals surface area (Å²) in [6.45, 7) is 3.74. The van der Waals surface area contributed by atoms with Gasteiger partial charge in [0, 0.05) is 23.5 Å². The maximum absolute atomic E-state index is 11.3. The topological polar surface area (TPSA) is 60.7 Å². The second kappa shape index (κ2) is 5.28. The fourth-order valence-corrected chi connectivity index (χ4v) is 2.23. The zero-order valence-electron chi connectivity index (χ0n) is 11.8. The quantitative estimate of drug-likeness (QED) is 0.691. The molecule has 0 aliphatic heterocycles. The van der Waals surface area contributed by atoms with Crippen molar-refractivity contribution in [2.24, 2.45) is 0 Å². The van der Waals surface area contributed by atoms with Crippen LogP contribution < -0.4 is 0 Å². The van der Waals surface area contributed by atoms with E-state index in [0.29, 0.717) is 22.9 Å². The molecule has 0 amide bonds. The fraction of sp³-hybridized carbons (Fsp3) is 0.125. The predicted octanol–water partition coefficient (Wildman–Crippen LogP) is 2.76. The van der Waals surface area contributed by atoms with Crippen LogP contribution in [-0.2, 0) is 0 Å². The lowest BCUT2D eigenvalue weighted by Crippen LogP contribution is -2.02. The summed E-state index contributed by atoms with van der Waals surface area (Å²) in [6, 6.07) is 11.5. The van der Waals surface area contributed by atoms with Crippen LogP contribution in [-0.4, -0.2) is 26.0 Å². The van der Waals surface area contributed by atoms with Gasteiger partial charge in [-0.15, -0.1) is 0 Å². The third-order valence-corrected chi connectivity index (χ3v) is 3.10. The highest BCUT2D eigenvalue weighted by Gasteiger charge is 2.12. The van der Waals surface area contributed by atoms with Gasteiger partial charge in [-0.1, -0.05) is 30.3 Å². The number of nitrogens with zero attached hydrogens (tertiary/aromatic N) is 4. The van der Waals surface area contributed by atoms with Gasteiger partial charge in [0.15, 0.2) is 12.1 Å². The largest absolute Gasteiger partial charge is 0.298 e. The van der Waals surface area contributed by atoms with E-state index in [1.54, 1.807) is 10.9 Å². The molecular formula is C16H14N4O. The number of aryl methyl sites for hydroxylation is 2. The first kappa shape index (κ1) is 13.2. The number of carbonyl (C=O) groups is 1. The Morgan fingerprint density at radius 1 is 1.10 bits per heavy atom. The van der Waals surface area contributed by atoms with Crippen LogP contribution in [0.15, 0.2) is 42.6 Å². The SMILES string of the molecule is Cc1cc(-n2cc(C=O)c(-c3ccccc3)n2)nc(C)n1. The molecule has 3 rings (SSSR count). The first-order chi connectivity index (χ1) is 10.2. The zero-order valence-corrected chi connectivity index (χ0v) is 11.8. The third-order valence-electron chi connectivity index (χ3n) is 3.10. The molecule has 0 unspecified atom stereocenters. The van der Waals surface area contributed by atoms with Crippen LogP contribution in [0, 0.1) is 13.8 Å². The average Bonchev–Trinajstić information content (AvgIpc) is 2.91. The summed E-state index contributed by atoms with van der Waals surface area (Å²) >= 11 is 0. The minimum absolute atomic E-state index is 0.537. The van der Waals surface area contributed by atoms with Gasteiger partial charge < -0.3 is 0 Å². The summed E-state index contributed by atoms with van der Waals surface area (Å²) in [5.74, 6) is 1.33.